The molecule has 2 rings (SSSR count). The van der Waals surface area contributed by atoms with Crippen molar-refractivity contribution in [1.29, 1.82) is 0 Å². The molecule has 0 aliphatic carbocycles. The van der Waals surface area contributed by atoms with E-state index in [2.05, 4.69) is 15.5 Å². The Labute approximate surface area is 96.9 Å². The predicted octanol–water partition coefficient (Wildman–Crippen LogP) is 0.0223. The van der Waals surface area contributed by atoms with Gasteiger partial charge in [-0.05, 0) is 6.42 Å². The Morgan fingerprint density at radius 2 is 2.31 bits per heavy atom. The maximum atomic E-state index is 11.3. The van der Waals surface area contributed by atoms with Crippen LogP contribution in [0.25, 0.3) is 0 Å². The van der Waals surface area contributed by atoms with Gasteiger partial charge in [0.15, 0.2) is 15.0 Å². The molecule has 2 heterocycles. The molecule has 1 aliphatic heterocycles. The topological polar surface area (TPSA) is 91.9 Å². The van der Waals surface area contributed by atoms with E-state index in [0.29, 0.717) is 6.42 Å². The molecule has 88 valence electrons. The molecule has 0 spiro atoms. The third kappa shape index (κ3) is 2.53. The van der Waals surface area contributed by atoms with E-state index in [-0.39, 0.29) is 28.4 Å². The standard InChI is InChI=1S/C8H10ClN3O3S/c9-7-3-6(8(13)12-11-7)10-5-1-2-16(14,15)4-5/h3,5H,1-2,4H2,(H,10,11)(H,12,13). The monoisotopic (exact) mass is 263 g/mol. The van der Waals surface area contributed by atoms with Gasteiger partial charge in [0.1, 0.15) is 5.69 Å². The molecule has 6 nitrogen and oxygen atoms in total. The van der Waals surface area contributed by atoms with Crippen LogP contribution in [-0.2, 0) is 9.84 Å². The Kier molecular flexibility index (Phi) is 2.90. The molecule has 1 aromatic heterocycles. The van der Waals surface area contributed by atoms with Crippen molar-refractivity contribution in [2.45, 2.75) is 12.5 Å². The number of rotatable bonds is 2. The lowest BCUT2D eigenvalue weighted by atomic mass is 10.2. The van der Waals surface area contributed by atoms with Gasteiger partial charge in [0.25, 0.3) is 5.56 Å². The molecule has 1 fully saturated rings. The van der Waals surface area contributed by atoms with Crippen molar-refractivity contribution in [3.63, 3.8) is 0 Å². The Morgan fingerprint density at radius 1 is 1.56 bits per heavy atom. The van der Waals surface area contributed by atoms with Crippen molar-refractivity contribution in [2.75, 3.05) is 16.8 Å². The number of nitrogens with one attached hydrogen (secondary N) is 2. The molecule has 0 aromatic carbocycles. The second-order valence-corrected chi connectivity index (χ2v) is 6.29. The van der Waals surface area contributed by atoms with Crippen LogP contribution in [-0.4, -0.2) is 36.2 Å². The number of H-pyrrole nitrogens is 1. The molecule has 1 aliphatic rings. The fraction of sp³-hybridized carbons (Fsp3) is 0.500. The number of nitrogens with zero attached hydrogens (tertiary/aromatic N) is 1. The lowest BCUT2D eigenvalue weighted by molar-refractivity contribution is 0.602. The van der Waals surface area contributed by atoms with Crippen LogP contribution in [0, 0.1) is 0 Å². The van der Waals surface area contributed by atoms with E-state index in [1.807, 2.05) is 0 Å². The second-order valence-electron chi connectivity index (χ2n) is 3.68. The molecule has 0 saturated carbocycles. The smallest absolute Gasteiger partial charge is 0.287 e. The zero-order chi connectivity index (χ0) is 11.8. The first-order valence-electron chi connectivity index (χ1n) is 4.68. The van der Waals surface area contributed by atoms with Crippen LogP contribution in [0.15, 0.2) is 10.9 Å². The summed E-state index contributed by atoms with van der Waals surface area (Å²) in [4.78, 5) is 11.3. The van der Waals surface area contributed by atoms with E-state index < -0.39 is 15.4 Å². The summed E-state index contributed by atoms with van der Waals surface area (Å²) >= 11 is 5.62. The van der Waals surface area contributed by atoms with E-state index in [1.165, 1.54) is 6.07 Å². The molecule has 1 saturated heterocycles. The van der Waals surface area contributed by atoms with Crippen LogP contribution < -0.4 is 10.9 Å². The van der Waals surface area contributed by atoms with Gasteiger partial charge in [-0.3, -0.25) is 4.79 Å². The van der Waals surface area contributed by atoms with Gasteiger partial charge in [-0.2, -0.15) is 5.10 Å². The minimum atomic E-state index is -2.96. The molecule has 0 bridgehead atoms. The van der Waals surface area contributed by atoms with Gasteiger partial charge < -0.3 is 5.32 Å². The first-order valence-corrected chi connectivity index (χ1v) is 6.88. The highest BCUT2D eigenvalue weighted by Gasteiger charge is 2.28. The predicted molar refractivity (Wildman–Crippen MR) is 60.5 cm³/mol. The van der Waals surface area contributed by atoms with E-state index in [0.717, 1.165) is 0 Å². The molecular formula is C8H10ClN3O3S. The Bertz CT molecular complexity index is 554. The number of sulfone groups is 1. The van der Waals surface area contributed by atoms with E-state index in [9.17, 15) is 13.2 Å². The van der Waals surface area contributed by atoms with E-state index >= 15 is 0 Å². The van der Waals surface area contributed by atoms with Gasteiger partial charge in [-0.15, -0.1) is 0 Å². The van der Waals surface area contributed by atoms with Crippen molar-refractivity contribution in [3.8, 4) is 0 Å². The van der Waals surface area contributed by atoms with Crippen LogP contribution in [0.1, 0.15) is 6.42 Å². The molecule has 0 radical (unpaired) electrons. The normalized spacial score (nSPS) is 23.2. The molecular weight excluding hydrogens is 254 g/mol. The molecule has 1 unspecified atom stereocenters. The van der Waals surface area contributed by atoms with Gasteiger partial charge >= 0.3 is 0 Å². The van der Waals surface area contributed by atoms with Gasteiger partial charge in [-0.1, -0.05) is 11.6 Å². The summed E-state index contributed by atoms with van der Waals surface area (Å²) in [7, 11) is -2.96. The lowest BCUT2D eigenvalue weighted by Gasteiger charge is -2.10. The summed E-state index contributed by atoms with van der Waals surface area (Å²) in [6.45, 7) is 0. The fourth-order valence-electron chi connectivity index (χ4n) is 1.62. The number of hydrogen-bond acceptors (Lipinski definition) is 5. The molecule has 16 heavy (non-hydrogen) atoms. The summed E-state index contributed by atoms with van der Waals surface area (Å²) in [5.74, 6) is 0.202. The summed E-state index contributed by atoms with van der Waals surface area (Å²) < 4.78 is 22.4. The van der Waals surface area contributed by atoms with Crippen molar-refractivity contribution in [1.82, 2.24) is 10.2 Å². The Balaban J connectivity index is 2.16. The molecule has 2 N–H and O–H groups in total. The molecule has 1 aromatic rings. The molecule has 1 atom stereocenters. The average molecular weight is 264 g/mol. The Morgan fingerprint density at radius 3 is 2.94 bits per heavy atom. The molecule has 0 amide bonds. The highest BCUT2D eigenvalue weighted by molar-refractivity contribution is 7.91. The van der Waals surface area contributed by atoms with Crippen LogP contribution >= 0.6 is 11.6 Å². The number of hydrogen-bond donors (Lipinski definition) is 2. The van der Waals surface area contributed by atoms with Crippen LogP contribution in [0.5, 0.6) is 0 Å². The zero-order valence-electron chi connectivity index (χ0n) is 8.23. The van der Waals surface area contributed by atoms with Gasteiger partial charge in [-0.25, -0.2) is 13.5 Å². The highest BCUT2D eigenvalue weighted by Crippen LogP contribution is 2.16. The minimum Gasteiger partial charge on any atom is -0.377 e. The quantitative estimate of drug-likeness (QED) is 0.785. The summed E-state index contributed by atoms with van der Waals surface area (Å²) in [6.07, 6.45) is 0.502. The highest BCUT2D eigenvalue weighted by atomic mass is 35.5. The maximum Gasteiger partial charge on any atom is 0.287 e. The van der Waals surface area contributed by atoms with Crippen LogP contribution in [0.4, 0.5) is 5.69 Å². The van der Waals surface area contributed by atoms with E-state index in [1.54, 1.807) is 0 Å². The minimum absolute atomic E-state index is 0.0480. The number of anilines is 1. The first kappa shape index (κ1) is 11.4. The lowest BCUT2D eigenvalue weighted by Crippen LogP contribution is -2.25. The zero-order valence-corrected chi connectivity index (χ0v) is 9.81. The summed E-state index contributed by atoms with van der Waals surface area (Å²) in [5, 5.41) is 8.74. The fourth-order valence-corrected chi connectivity index (χ4v) is 3.44. The first-order chi connectivity index (χ1) is 7.46. The van der Waals surface area contributed by atoms with Crippen molar-refractivity contribution >= 4 is 27.1 Å². The summed E-state index contributed by atoms with van der Waals surface area (Å²) in [5.41, 5.74) is -0.157. The second kappa shape index (κ2) is 4.06. The number of aromatic nitrogens is 2. The van der Waals surface area contributed by atoms with Crippen molar-refractivity contribution in [3.05, 3.63) is 21.6 Å². The van der Waals surface area contributed by atoms with Crippen LogP contribution in [0.3, 0.4) is 0 Å². The van der Waals surface area contributed by atoms with Crippen molar-refractivity contribution < 1.29 is 8.42 Å². The maximum absolute atomic E-state index is 11.3. The average Bonchev–Trinajstić information content (AvgIpc) is 2.52. The Hall–Kier alpha value is -1.08. The van der Waals surface area contributed by atoms with Gasteiger partial charge in [0.05, 0.1) is 11.5 Å². The van der Waals surface area contributed by atoms with Gasteiger partial charge in [0, 0.05) is 12.1 Å². The van der Waals surface area contributed by atoms with Crippen LogP contribution in [0.2, 0.25) is 5.15 Å². The third-order valence-corrected chi connectivity index (χ3v) is 4.33. The number of aromatic amines is 1. The number of halogens is 1. The molecule has 8 heteroatoms. The van der Waals surface area contributed by atoms with Gasteiger partial charge in [0.2, 0.25) is 0 Å². The van der Waals surface area contributed by atoms with Crippen molar-refractivity contribution in [2.24, 2.45) is 0 Å². The van der Waals surface area contributed by atoms with E-state index in [4.69, 9.17) is 11.6 Å². The summed E-state index contributed by atoms with van der Waals surface area (Å²) in [6, 6.07) is 1.15. The third-order valence-electron chi connectivity index (χ3n) is 2.36. The SMILES string of the molecule is O=c1[nH]nc(Cl)cc1NC1CCS(=O)(=O)C1. The largest absolute Gasteiger partial charge is 0.377 e.